The van der Waals surface area contributed by atoms with Crippen LogP contribution in [0, 0.1) is 18.7 Å². The third-order valence-electron chi connectivity index (χ3n) is 5.20. The summed E-state index contributed by atoms with van der Waals surface area (Å²) < 4.78 is 39.3. The minimum absolute atomic E-state index is 0.148. The van der Waals surface area contributed by atoms with Gasteiger partial charge < -0.3 is 9.67 Å². The largest absolute Gasteiger partial charge is 0.481 e. The standard InChI is InChI=1S/C23H24FNO4S/c1-14(2)22(23(26)27)20-13-21(16-8-10-19(11-9-16)30(4,28)29)25(15(20)3)18-7-5-6-17(24)12-18/h5-14,22H,1-4H3,(H,26,27). The molecule has 0 radical (unpaired) electrons. The lowest BCUT2D eigenvalue weighted by molar-refractivity contribution is -0.139. The second kappa shape index (κ2) is 8.07. The molecule has 1 N–H and O–H groups in total. The Morgan fingerprint density at radius 1 is 1.07 bits per heavy atom. The predicted octanol–water partition coefficient (Wildman–Crippen LogP) is 4.82. The van der Waals surface area contributed by atoms with Gasteiger partial charge in [0.15, 0.2) is 9.84 Å². The van der Waals surface area contributed by atoms with Crippen LogP contribution < -0.4 is 0 Å². The van der Waals surface area contributed by atoms with E-state index in [9.17, 15) is 22.7 Å². The van der Waals surface area contributed by atoms with Crippen molar-refractivity contribution in [1.29, 1.82) is 0 Å². The fourth-order valence-electron chi connectivity index (χ4n) is 3.75. The van der Waals surface area contributed by atoms with Crippen LogP contribution in [-0.4, -0.2) is 30.3 Å². The number of sulfone groups is 1. The van der Waals surface area contributed by atoms with Crippen LogP contribution in [0.4, 0.5) is 4.39 Å². The van der Waals surface area contributed by atoms with Crippen molar-refractivity contribution in [3.63, 3.8) is 0 Å². The molecule has 1 aromatic heterocycles. The molecule has 3 aromatic rings. The number of aliphatic carboxylic acids is 1. The van der Waals surface area contributed by atoms with Gasteiger partial charge in [-0.3, -0.25) is 4.79 Å². The molecule has 158 valence electrons. The van der Waals surface area contributed by atoms with E-state index in [1.807, 2.05) is 25.3 Å². The summed E-state index contributed by atoms with van der Waals surface area (Å²) in [6.45, 7) is 5.50. The summed E-state index contributed by atoms with van der Waals surface area (Å²) in [6, 6.07) is 14.3. The highest BCUT2D eigenvalue weighted by atomic mass is 32.2. The van der Waals surface area contributed by atoms with Crippen LogP contribution in [0.1, 0.15) is 31.0 Å². The third-order valence-corrected chi connectivity index (χ3v) is 6.33. The van der Waals surface area contributed by atoms with E-state index in [2.05, 4.69) is 0 Å². The van der Waals surface area contributed by atoms with E-state index in [4.69, 9.17) is 0 Å². The second-order valence-electron chi connectivity index (χ2n) is 7.74. The van der Waals surface area contributed by atoms with Gasteiger partial charge in [0, 0.05) is 17.6 Å². The number of halogens is 1. The summed E-state index contributed by atoms with van der Waals surface area (Å²) >= 11 is 0. The lowest BCUT2D eigenvalue weighted by Gasteiger charge is -2.17. The Balaban J connectivity index is 2.28. The Bertz CT molecular complexity index is 1190. The molecule has 0 aliphatic heterocycles. The van der Waals surface area contributed by atoms with Gasteiger partial charge in [-0.1, -0.05) is 32.0 Å². The summed E-state index contributed by atoms with van der Waals surface area (Å²) in [4.78, 5) is 12.2. The molecule has 3 rings (SSSR count). The molecule has 0 saturated carbocycles. The van der Waals surface area contributed by atoms with Crippen LogP contribution in [0.5, 0.6) is 0 Å². The molecule has 5 nitrogen and oxygen atoms in total. The molecule has 0 aliphatic carbocycles. The highest BCUT2D eigenvalue weighted by Gasteiger charge is 2.29. The number of hydrogen-bond acceptors (Lipinski definition) is 3. The Labute approximate surface area is 175 Å². The van der Waals surface area contributed by atoms with E-state index in [1.54, 1.807) is 30.3 Å². The van der Waals surface area contributed by atoms with Gasteiger partial charge in [0.2, 0.25) is 0 Å². The van der Waals surface area contributed by atoms with Gasteiger partial charge in [-0.15, -0.1) is 0 Å². The molecule has 1 atom stereocenters. The topological polar surface area (TPSA) is 76.4 Å². The first-order valence-electron chi connectivity index (χ1n) is 9.52. The molecular formula is C23H24FNO4S. The monoisotopic (exact) mass is 429 g/mol. The number of aromatic nitrogens is 1. The molecule has 0 saturated heterocycles. The number of benzene rings is 2. The van der Waals surface area contributed by atoms with Crippen LogP contribution >= 0.6 is 0 Å². The van der Waals surface area contributed by atoms with Gasteiger partial charge in [-0.25, -0.2) is 12.8 Å². The third kappa shape index (κ3) is 4.16. The van der Waals surface area contributed by atoms with Crippen LogP contribution in [0.2, 0.25) is 0 Å². The smallest absolute Gasteiger partial charge is 0.311 e. The first-order valence-corrected chi connectivity index (χ1v) is 11.4. The average molecular weight is 430 g/mol. The molecular weight excluding hydrogens is 405 g/mol. The van der Waals surface area contributed by atoms with Crippen molar-refractivity contribution in [2.45, 2.75) is 31.6 Å². The lowest BCUT2D eigenvalue weighted by atomic mass is 9.88. The highest BCUT2D eigenvalue weighted by molar-refractivity contribution is 7.90. The SMILES string of the molecule is Cc1c(C(C(=O)O)C(C)C)cc(-c2ccc(S(C)(=O)=O)cc2)n1-c1cccc(F)c1. The second-order valence-corrected chi connectivity index (χ2v) is 9.76. The molecule has 0 amide bonds. The number of rotatable bonds is 6. The molecule has 0 spiro atoms. The first-order chi connectivity index (χ1) is 14.0. The molecule has 0 aliphatic rings. The predicted molar refractivity (Wildman–Crippen MR) is 114 cm³/mol. The van der Waals surface area contributed by atoms with E-state index < -0.39 is 27.5 Å². The average Bonchev–Trinajstić information content (AvgIpc) is 2.97. The van der Waals surface area contributed by atoms with Crippen LogP contribution in [0.15, 0.2) is 59.5 Å². The maximum absolute atomic E-state index is 14.0. The summed E-state index contributed by atoms with van der Waals surface area (Å²) in [5, 5.41) is 9.80. The van der Waals surface area contributed by atoms with E-state index in [0.717, 1.165) is 6.26 Å². The quantitative estimate of drug-likeness (QED) is 0.610. The lowest BCUT2D eigenvalue weighted by Crippen LogP contribution is -2.18. The van der Waals surface area contributed by atoms with Gasteiger partial charge >= 0.3 is 5.97 Å². The fourth-order valence-corrected chi connectivity index (χ4v) is 4.38. The zero-order valence-corrected chi connectivity index (χ0v) is 18.1. The first kappa shape index (κ1) is 21.8. The maximum atomic E-state index is 14.0. The van der Waals surface area contributed by atoms with Crippen molar-refractivity contribution >= 4 is 15.8 Å². The molecule has 0 bridgehead atoms. The zero-order valence-electron chi connectivity index (χ0n) is 17.3. The van der Waals surface area contributed by atoms with Crippen molar-refractivity contribution < 1.29 is 22.7 Å². The van der Waals surface area contributed by atoms with Crippen molar-refractivity contribution in [3.8, 4) is 16.9 Å². The summed E-state index contributed by atoms with van der Waals surface area (Å²) in [7, 11) is -3.34. The number of carboxylic acid groups (broad SMARTS) is 1. The molecule has 7 heteroatoms. The minimum Gasteiger partial charge on any atom is -0.481 e. The normalized spacial score (nSPS) is 12.9. The van der Waals surface area contributed by atoms with Crippen molar-refractivity contribution in [3.05, 3.63) is 71.7 Å². The van der Waals surface area contributed by atoms with Crippen LogP contribution in [-0.2, 0) is 14.6 Å². The Hall–Kier alpha value is -2.93. The molecule has 0 fully saturated rings. The number of hydrogen-bond donors (Lipinski definition) is 1. The van der Waals surface area contributed by atoms with E-state index in [1.165, 1.54) is 24.3 Å². The summed E-state index contributed by atoms with van der Waals surface area (Å²) in [6.07, 6.45) is 1.14. The Morgan fingerprint density at radius 3 is 2.20 bits per heavy atom. The van der Waals surface area contributed by atoms with Gasteiger partial charge in [-0.2, -0.15) is 0 Å². The summed E-state index contributed by atoms with van der Waals surface area (Å²) in [5.74, 6) is -2.21. The van der Waals surface area contributed by atoms with Crippen molar-refractivity contribution in [1.82, 2.24) is 4.57 Å². The van der Waals surface area contributed by atoms with Crippen molar-refractivity contribution in [2.24, 2.45) is 5.92 Å². The van der Waals surface area contributed by atoms with E-state index >= 15 is 0 Å². The summed E-state index contributed by atoms with van der Waals surface area (Å²) in [5.41, 5.74) is 3.27. The Kier molecular flexibility index (Phi) is 5.85. The number of carbonyl (C=O) groups is 1. The van der Waals surface area contributed by atoms with Crippen LogP contribution in [0.3, 0.4) is 0 Å². The fraction of sp³-hybridized carbons (Fsp3) is 0.261. The molecule has 1 heterocycles. The molecule has 2 aromatic carbocycles. The van der Waals surface area contributed by atoms with Gasteiger partial charge in [0.05, 0.1) is 16.5 Å². The number of nitrogens with zero attached hydrogens (tertiary/aromatic N) is 1. The van der Waals surface area contributed by atoms with Crippen LogP contribution in [0.25, 0.3) is 16.9 Å². The molecule has 30 heavy (non-hydrogen) atoms. The zero-order chi connectivity index (χ0) is 22.2. The van der Waals surface area contributed by atoms with Crippen molar-refractivity contribution in [2.75, 3.05) is 6.26 Å². The van der Waals surface area contributed by atoms with E-state index in [-0.39, 0.29) is 10.8 Å². The minimum atomic E-state index is -3.34. The highest BCUT2D eigenvalue weighted by Crippen LogP contribution is 2.36. The number of carboxylic acids is 1. The maximum Gasteiger partial charge on any atom is 0.311 e. The van der Waals surface area contributed by atoms with E-state index in [0.29, 0.717) is 28.2 Å². The van der Waals surface area contributed by atoms with Gasteiger partial charge in [0.25, 0.3) is 0 Å². The van der Waals surface area contributed by atoms with Gasteiger partial charge in [-0.05, 0) is 60.4 Å². The Morgan fingerprint density at radius 2 is 1.70 bits per heavy atom. The van der Waals surface area contributed by atoms with Gasteiger partial charge in [0.1, 0.15) is 5.82 Å². The molecule has 1 unspecified atom stereocenters.